The van der Waals surface area contributed by atoms with Crippen LogP contribution in [0.3, 0.4) is 0 Å². The van der Waals surface area contributed by atoms with E-state index < -0.39 is 55.3 Å². The number of amides is 2. The number of hydrogen-bond acceptors (Lipinski definition) is 4. The van der Waals surface area contributed by atoms with Crippen LogP contribution in [0, 0.1) is 11.7 Å². The van der Waals surface area contributed by atoms with Gasteiger partial charge in [0.1, 0.15) is 5.82 Å². The quantitative estimate of drug-likeness (QED) is 0.711. The number of halogens is 4. The predicted molar refractivity (Wildman–Crippen MR) is 99.3 cm³/mol. The van der Waals surface area contributed by atoms with Crippen LogP contribution < -0.4 is 16.6 Å². The molecule has 1 aliphatic rings. The Morgan fingerprint density at radius 1 is 1.20 bits per heavy atom. The van der Waals surface area contributed by atoms with E-state index in [2.05, 4.69) is 5.32 Å². The monoisotopic (exact) mass is 426 g/mol. The van der Waals surface area contributed by atoms with Crippen LogP contribution in [0.1, 0.15) is 6.42 Å². The molecule has 0 aliphatic carbocycles. The zero-order chi connectivity index (χ0) is 22.1. The van der Waals surface area contributed by atoms with E-state index in [0.29, 0.717) is 0 Å². The highest BCUT2D eigenvalue weighted by Gasteiger charge is 2.49. The lowest BCUT2D eigenvalue weighted by molar-refractivity contribution is -0.170. The number of primary amides is 1. The highest BCUT2D eigenvalue weighted by molar-refractivity contribution is 5.93. The summed E-state index contributed by atoms with van der Waals surface area (Å²) in [4.78, 5) is 36.6. The first-order valence-electron chi connectivity index (χ1n) is 8.94. The van der Waals surface area contributed by atoms with Crippen molar-refractivity contribution in [3.8, 4) is 5.69 Å². The van der Waals surface area contributed by atoms with Crippen LogP contribution >= 0.6 is 0 Å². The van der Waals surface area contributed by atoms with Crippen LogP contribution in [-0.4, -0.2) is 46.6 Å². The molecule has 0 radical (unpaired) electrons. The summed E-state index contributed by atoms with van der Waals surface area (Å²) in [7, 11) is 0. The Kier molecular flexibility index (Phi) is 5.92. The van der Waals surface area contributed by atoms with E-state index in [1.807, 2.05) is 0 Å². The molecule has 0 saturated carbocycles. The molecule has 3 rings (SSSR count). The Labute approximate surface area is 168 Å². The fourth-order valence-corrected chi connectivity index (χ4v) is 3.38. The SMILES string of the molecule is NC(=O)C1CC(C(F)(F)F)CN1CC(=O)Nc1ccc(-n2ccccc2=O)cc1F. The molecule has 2 aromatic rings. The average Bonchev–Trinajstić information content (AvgIpc) is 3.08. The van der Waals surface area contributed by atoms with Gasteiger partial charge in [-0.3, -0.25) is 23.9 Å². The number of alkyl halides is 3. The largest absolute Gasteiger partial charge is 0.393 e. The molecule has 0 spiro atoms. The molecule has 2 atom stereocenters. The number of carbonyl (C=O) groups excluding carboxylic acids is 2. The van der Waals surface area contributed by atoms with E-state index in [-0.39, 0.29) is 16.9 Å². The van der Waals surface area contributed by atoms with Crippen molar-refractivity contribution in [2.45, 2.75) is 18.6 Å². The second-order valence-corrected chi connectivity index (χ2v) is 6.94. The lowest BCUT2D eigenvalue weighted by atomic mass is 10.1. The number of pyridine rings is 1. The van der Waals surface area contributed by atoms with E-state index in [9.17, 15) is 31.9 Å². The van der Waals surface area contributed by atoms with E-state index in [4.69, 9.17) is 5.73 Å². The van der Waals surface area contributed by atoms with Gasteiger partial charge in [-0.05, 0) is 24.6 Å². The average molecular weight is 426 g/mol. The van der Waals surface area contributed by atoms with Gasteiger partial charge in [0.25, 0.3) is 5.56 Å². The van der Waals surface area contributed by atoms with Gasteiger partial charge in [0.2, 0.25) is 11.8 Å². The molecule has 11 heteroatoms. The van der Waals surface area contributed by atoms with Gasteiger partial charge in [-0.25, -0.2) is 4.39 Å². The van der Waals surface area contributed by atoms with E-state index in [1.54, 1.807) is 6.07 Å². The normalized spacial score (nSPS) is 19.6. The summed E-state index contributed by atoms with van der Waals surface area (Å²) in [5.74, 6) is -4.37. The number of nitrogens with one attached hydrogen (secondary N) is 1. The number of anilines is 1. The molecule has 1 aromatic heterocycles. The molecular weight excluding hydrogens is 408 g/mol. The van der Waals surface area contributed by atoms with Gasteiger partial charge in [-0.2, -0.15) is 13.2 Å². The van der Waals surface area contributed by atoms with E-state index in [1.165, 1.54) is 35.0 Å². The molecule has 1 fully saturated rings. The standard InChI is InChI=1S/C19H18F4N4O3/c20-13-8-12(27-6-2-1-3-17(27)29)4-5-14(13)25-16(28)10-26-9-11(19(21,22)23)7-15(26)18(24)30/h1-6,8,11,15H,7,9-10H2,(H2,24,30)(H,25,28). The summed E-state index contributed by atoms with van der Waals surface area (Å²) in [5, 5.41) is 2.27. The molecule has 1 aliphatic heterocycles. The Hall–Kier alpha value is -3.21. The third kappa shape index (κ3) is 4.67. The Bertz CT molecular complexity index is 1020. The molecule has 7 nitrogen and oxygen atoms in total. The molecule has 2 amide bonds. The summed E-state index contributed by atoms with van der Waals surface area (Å²) in [6.45, 7) is -1.11. The molecule has 0 bridgehead atoms. The van der Waals surface area contributed by atoms with Crippen LogP contribution in [0.15, 0.2) is 47.4 Å². The molecule has 3 N–H and O–H groups in total. The molecule has 30 heavy (non-hydrogen) atoms. The minimum absolute atomic E-state index is 0.213. The van der Waals surface area contributed by atoms with Crippen molar-refractivity contribution in [1.29, 1.82) is 0 Å². The molecule has 2 unspecified atom stereocenters. The van der Waals surface area contributed by atoms with Crippen molar-refractivity contribution in [3.63, 3.8) is 0 Å². The summed E-state index contributed by atoms with van der Waals surface area (Å²) >= 11 is 0. The van der Waals surface area contributed by atoms with Gasteiger partial charge in [0.15, 0.2) is 0 Å². The highest BCUT2D eigenvalue weighted by atomic mass is 19.4. The van der Waals surface area contributed by atoms with Gasteiger partial charge < -0.3 is 11.1 Å². The van der Waals surface area contributed by atoms with Gasteiger partial charge in [0, 0.05) is 24.9 Å². The van der Waals surface area contributed by atoms with Crippen molar-refractivity contribution in [1.82, 2.24) is 9.47 Å². The van der Waals surface area contributed by atoms with Gasteiger partial charge in [-0.15, -0.1) is 0 Å². The van der Waals surface area contributed by atoms with Crippen molar-refractivity contribution in [3.05, 3.63) is 58.8 Å². The fourth-order valence-electron chi connectivity index (χ4n) is 3.38. The number of nitrogens with zero attached hydrogens (tertiary/aromatic N) is 2. The molecule has 1 saturated heterocycles. The maximum atomic E-state index is 14.4. The highest BCUT2D eigenvalue weighted by Crippen LogP contribution is 2.36. The molecule has 160 valence electrons. The predicted octanol–water partition coefficient (Wildman–Crippen LogP) is 1.65. The molecule has 2 heterocycles. The fraction of sp³-hybridized carbons (Fsp3) is 0.316. The number of likely N-dealkylation sites (tertiary alicyclic amines) is 1. The van der Waals surface area contributed by atoms with E-state index in [0.717, 1.165) is 11.0 Å². The maximum Gasteiger partial charge on any atom is 0.393 e. The van der Waals surface area contributed by atoms with Crippen LogP contribution in [0.4, 0.5) is 23.2 Å². The number of nitrogens with two attached hydrogens (primary N) is 1. The van der Waals surface area contributed by atoms with Crippen molar-refractivity contribution >= 4 is 17.5 Å². The Morgan fingerprint density at radius 3 is 2.53 bits per heavy atom. The van der Waals surface area contributed by atoms with E-state index >= 15 is 0 Å². The van der Waals surface area contributed by atoms with Crippen molar-refractivity contribution in [2.24, 2.45) is 11.7 Å². The minimum Gasteiger partial charge on any atom is -0.368 e. The second-order valence-electron chi connectivity index (χ2n) is 6.94. The smallest absolute Gasteiger partial charge is 0.368 e. The van der Waals surface area contributed by atoms with Crippen molar-refractivity contribution < 1.29 is 27.2 Å². The zero-order valence-corrected chi connectivity index (χ0v) is 15.5. The van der Waals surface area contributed by atoms with Gasteiger partial charge in [-0.1, -0.05) is 6.07 Å². The first kappa shape index (κ1) is 21.5. The van der Waals surface area contributed by atoms with Crippen LogP contribution in [0.5, 0.6) is 0 Å². The summed E-state index contributed by atoms with van der Waals surface area (Å²) < 4.78 is 54.5. The van der Waals surface area contributed by atoms with Crippen LogP contribution in [-0.2, 0) is 9.59 Å². The number of aromatic nitrogens is 1. The number of rotatable bonds is 5. The minimum atomic E-state index is -4.52. The summed E-state index contributed by atoms with van der Waals surface area (Å²) in [5.41, 5.74) is 4.81. The first-order chi connectivity index (χ1) is 14.1. The van der Waals surface area contributed by atoms with Gasteiger partial charge >= 0.3 is 6.18 Å². The molecule has 1 aromatic carbocycles. The van der Waals surface area contributed by atoms with Crippen LogP contribution in [0.2, 0.25) is 0 Å². The Morgan fingerprint density at radius 2 is 1.93 bits per heavy atom. The topological polar surface area (TPSA) is 97.4 Å². The second kappa shape index (κ2) is 8.27. The number of benzene rings is 1. The number of carbonyl (C=O) groups is 2. The van der Waals surface area contributed by atoms with Gasteiger partial charge in [0.05, 0.1) is 29.9 Å². The molecular formula is C19H18F4N4O3. The lowest BCUT2D eigenvalue weighted by Gasteiger charge is -2.21. The number of hydrogen-bond donors (Lipinski definition) is 2. The lowest BCUT2D eigenvalue weighted by Crippen LogP contribution is -2.44. The first-order valence-corrected chi connectivity index (χ1v) is 8.94. The summed E-state index contributed by atoms with van der Waals surface area (Å²) in [6, 6.07) is 6.86. The third-order valence-electron chi connectivity index (χ3n) is 4.87. The maximum absolute atomic E-state index is 14.4. The Balaban J connectivity index is 1.71. The third-order valence-corrected chi connectivity index (χ3v) is 4.87. The van der Waals surface area contributed by atoms with Crippen LogP contribution in [0.25, 0.3) is 5.69 Å². The van der Waals surface area contributed by atoms with Crippen molar-refractivity contribution in [2.75, 3.05) is 18.4 Å². The summed E-state index contributed by atoms with van der Waals surface area (Å²) in [6.07, 6.45) is -3.60. The zero-order valence-electron chi connectivity index (χ0n) is 15.5.